The zero-order valence-electron chi connectivity index (χ0n) is 9.95. The molecule has 1 aromatic heterocycles. The van der Waals surface area contributed by atoms with E-state index < -0.39 is 0 Å². The molecule has 2 N–H and O–H groups in total. The van der Waals surface area contributed by atoms with Crippen molar-refractivity contribution in [3.8, 4) is 0 Å². The number of ether oxygens (including phenoxy) is 1. The maximum absolute atomic E-state index is 5.37. The van der Waals surface area contributed by atoms with E-state index in [2.05, 4.69) is 27.8 Å². The summed E-state index contributed by atoms with van der Waals surface area (Å²) >= 11 is 0. The Bertz CT molecular complexity index is 278. The third kappa shape index (κ3) is 5.09. The van der Waals surface area contributed by atoms with E-state index in [0.29, 0.717) is 18.5 Å². The molecule has 16 heavy (non-hydrogen) atoms. The molecule has 1 aromatic rings. The molecule has 0 aliphatic carbocycles. The van der Waals surface area contributed by atoms with Crippen molar-refractivity contribution in [1.29, 1.82) is 0 Å². The van der Waals surface area contributed by atoms with E-state index in [4.69, 9.17) is 9.15 Å². The van der Waals surface area contributed by atoms with Crippen molar-refractivity contribution in [1.82, 2.24) is 15.5 Å². The Kier molecular flexibility index (Phi) is 6.52. The molecule has 0 aliphatic heterocycles. The summed E-state index contributed by atoms with van der Waals surface area (Å²) in [6.07, 6.45) is 2.01. The van der Waals surface area contributed by atoms with Gasteiger partial charge in [-0.25, -0.2) is 0 Å². The molecule has 0 unspecified atom stereocenters. The van der Waals surface area contributed by atoms with Gasteiger partial charge in [0.05, 0.1) is 6.54 Å². The van der Waals surface area contributed by atoms with Crippen molar-refractivity contribution >= 4 is 6.01 Å². The first kappa shape index (κ1) is 12.9. The largest absolute Gasteiger partial charge is 0.407 e. The van der Waals surface area contributed by atoms with Crippen molar-refractivity contribution in [2.24, 2.45) is 0 Å². The van der Waals surface area contributed by atoms with Gasteiger partial charge in [0, 0.05) is 20.3 Å². The van der Waals surface area contributed by atoms with Crippen LogP contribution in [0.1, 0.15) is 25.7 Å². The summed E-state index contributed by atoms with van der Waals surface area (Å²) in [5.74, 6) is 0.614. The van der Waals surface area contributed by atoms with Crippen LogP contribution in [0.5, 0.6) is 0 Å². The van der Waals surface area contributed by atoms with E-state index in [9.17, 15) is 0 Å². The molecule has 0 fully saturated rings. The maximum atomic E-state index is 5.37. The third-order valence-corrected chi connectivity index (χ3v) is 1.97. The molecule has 0 aromatic carbocycles. The van der Waals surface area contributed by atoms with Crippen LogP contribution in [-0.2, 0) is 11.3 Å². The van der Waals surface area contributed by atoms with Crippen LogP contribution < -0.4 is 10.6 Å². The minimum Gasteiger partial charge on any atom is -0.407 e. The van der Waals surface area contributed by atoms with Crippen LogP contribution >= 0.6 is 0 Å². The zero-order valence-corrected chi connectivity index (χ0v) is 9.95. The molecular formula is C10H20N4O2. The van der Waals surface area contributed by atoms with Gasteiger partial charge in [0.1, 0.15) is 0 Å². The van der Waals surface area contributed by atoms with Crippen LogP contribution in [0.4, 0.5) is 6.01 Å². The van der Waals surface area contributed by atoms with Crippen LogP contribution in [0.2, 0.25) is 0 Å². The number of anilines is 1. The first-order chi connectivity index (χ1) is 7.86. The lowest BCUT2D eigenvalue weighted by Gasteiger charge is -1.99. The van der Waals surface area contributed by atoms with Crippen molar-refractivity contribution in [2.45, 2.75) is 26.3 Å². The van der Waals surface area contributed by atoms with Gasteiger partial charge in [-0.05, 0) is 19.4 Å². The fourth-order valence-corrected chi connectivity index (χ4v) is 1.18. The van der Waals surface area contributed by atoms with Gasteiger partial charge in [0.15, 0.2) is 0 Å². The monoisotopic (exact) mass is 228 g/mol. The Labute approximate surface area is 95.8 Å². The number of nitrogens with one attached hydrogen (secondary N) is 2. The highest BCUT2D eigenvalue weighted by atomic mass is 16.5. The predicted octanol–water partition coefficient (Wildman–Crippen LogP) is 1.02. The minimum atomic E-state index is 0.476. The lowest BCUT2D eigenvalue weighted by molar-refractivity contribution is 0.197. The van der Waals surface area contributed by atoms with E-state index in [1.165, 1.54) is 0 Å². The second-order valence-corrected chi connectivity index (χ2v) is 3.45. The molecule has 0 saturated heterocycles. The number of hydrogen-bond donors (Lipinski definition) is 2. The second kappa shape index (κ2) is 8.06. The number of rotatable bonds is 9. The van der Waals surface area contributed by atoms with E-state index in [0.717, 1.165) is 32.5 Å². The molecule has 6 nitrogen and oxygen atoms in total. The van der Waals surface area contributed by atoms with Crippen LogP contribution in [0.15, 0.2) is 4.42 Å². The van der Waals surface area contributed by atoms with Gasteiger partial charge in [-0.3, -0.25) is 0 Å². The Morgan fingerprint density at radius 2 is 2.19 bits per heavy atom. The lowest BCUT2D eigenvalue weighted by atomic mass is 10.4. The number of hydrogen-bond acceptors (Lipinski definition) is 6. The molecule has 0 amide bonds. The molecule has 0 bridgehead atoms. The second-order valence-electron chi connectivity index (χ2n) is 3.45. The van der Waals surface area contributed by atoms with Crippen LogP contribution in [-0.4, -0.2) is 37.0 Å². The van der Waals surface area contributed by atoms with Crippen molar-refractivity contribution in [2.75, 3.05) is 32.1 Å². The average molecular weight is 228 g/mol. The zero-order chi connectivity index (χ0) is 11.6. The standard InChI is InChI=1S/C10H20N4O2/c1-3-5-11-8-9-13-14-10(16-9)12-6-4-7-15-2/h11H,3-8H2,1-2H3,(H,12,14). The molecule has 0 radical (unpaired) electrons. The highest BCUT2D eigenvalue weighted by molar-refractivity contribution is 5.16. The summed E-state index contributed by atoms with van der Waals surface area (Å²) in [5.41, 5.74) is 0. The fourth-order valence-electron chi connectivity index (χ4n) is 1.18. The molecule has 1 rings (SSSR count). The number of nitrogens with zero attached hydrogens (tertiary/aromatic N) is 2. The highest BCUT2D eigenvalue weighted by Crippen LogP contribution is 2.04. The molecule has 0 spiro atoms. The van der Waals surface area contributed by atoms with E-state index in [1.807, 2.05) is 0 Å². The summed E-state index contributed by atoms with van der Waals surface area (Å²) in [6, 6.07) is 0.476. The summed E-state index contributed by atoms with van der Waals surface area (Å²) < 4.78 is 10.3. The first-order valence-corrected chi connectivity index (χ1v) is 5.62. The summed E-state index contributed by atoms with van der Waals surface area (Å²) in [5, 5.41) is 14.0. The average Bonchev–Trinajstić information content (AvgIpc) is 2.73. The van der Waals surface area contributed by atoms with Gasteiger partial charge in [-0.1, -0.05) is 12.0 Å². The van der Waals surface area contributed by atoms with E-state index >= 15 is 0 Å². The Balaban J connectivity index is 2.17. The molecule has 1 heterocycles. The smallest absolute Gasteiger partial charge is 0.315 e. The maximum Gasteiger partial charge on any atom is 0.315 e. The number of methoxy groups -OCH3 is 1. The quantitative estimate of drug-likeness (QED) is 0.615. The van der Waals surface area contributed by atoms with Crippen LogP contribution in [0.3, 0.4) is 0 Å². The van der Waals surface area contributed by atoms with Gasteiger partial charge >= 0.3 is 6.01 Å². The normalized spacial score (nSPS) is 10.6. The first-order valence-electron chi connectivity index (χ1n) is 5.62. The third-order valence-electron chi connectivity index (χ3n) is 1.97. The Morgan fingerprint density at radius 1 is 1.31 bits per heavy atom. The van der Waals surface area contributed by atoms with Gasteiger partial charge in [0.2, 0.25) is 5.89 Å². The van der Waals surface area contributed by atoms with Crippen molar-refractivity contribution < 1.29 is 9.15 Å². The molecule has 0 atom stereocenters. The molecule has 6 heteroatoms. The SMILES string of the molecule is CCCNCc1nnc(NCCCOC)o1. The number of aromatic nitrogens is 2. The summed E-state index contributed by atoms with van der Waals surface area (Å²) in [7, 11) is 1.68. The van der Waals surface area contributed by atoms with E-state index in [1.54, 1.807) is 7.11 Å². The van der Waals surface area contributed by atoms with Crippen molar-refractivity contribution in [3.63, 3.8) is 0 Å². The molecule has 0 aliphatic rings. The van der Waals surface area contributed by atoms with Crippen LogP contribution in [0.25, 0.3) is 0 Å². The van der Waals surface area contributed by atoms with Gasteiger partial charge in [-0.2, -0.15) is 0 Å². The van der Waals surface area contributed by atoms with Gasteiger partial charge in [0.25, 0.3) is 0 Å². The summed E-state index contributed by atoms with van der Waals surface area (Å²) in [6.45, 7) is 5.20. The van der Waals surface area contributed by atoms with Gasteiger partial charge < -0.3 is 19.8 Å². The summed E-state index contributed by atoms with van der Waals surface area (Å²) in [4.78, 5) is 0. The van der Waals surface area contributed by atoms with Crippen molar-refractivity contribution in [3.05, 3.63) is 5.89 Å². The lowest BCUT2D eigenvalue weighted by Crippen LogP contribution is -2.13. The molecular weight excluding hydrogens is 208 g/mol. The predicted molar refractivity (Wildman–Crippen MR) is 61.3 cm³/mol. The molecule has 92 valence electrons. The van der Waals surface area contributed by atoms with E-state index in [-0.39, 0.29) is 0 Å². The fraction of sp³-hybridized carbons (Fsp3) is 0.800. The molecule has 0 saturated carbocycles. The highest BCUT2D eigenvalue weighted by Gasteiger charge is 2.03. The Hall–Kier alpha value is -1.14. The van der Waals surface area contributed by atoms with Gasteiger partial charge in [-0.15, -0.1) is 5.10 Å². The topological polar surface area (TPSA) is 72.2 Å². The Morgan fingerprint density at radius 3 is 2.94 bits per heavy atom. The minimum absolute atomic E-state index is 0.476. The van der Waals surface area contributed by atoms with Crippen LogP contribution in [0, 0.1) is 0 Å².